The highest BCUT2D eigenvalue weighted by atomic mass is 79.9. The van der Waals surface area contributed by atoms with Crippen LogP contribution in [0.5, 0.6) is 0 Å². The molecule has 114 valence electrons. The normalized spacial score (nSPS) is 11.8. The number of anilines is 1. The summed E-state index contributed by atoms with van der Waals surface area (Å²) in [7, 11) is -4.02. The number of nitrogens with one attached hydrogen (secondary N) is 1. The smallest absolute Gasteiger partial charge is 0.243 e. The van der Waals surface area contributed by atoms with Gasteiger partial charge in [-0.05, 0) is 35.0 Å². The summed E-state index contributed by atoms with van der Waals surface area (Å²) < 4.78 is 45.1. The largest absolute Gasteiger partial charge is 0.399 e. The van der Waals surface area contributed by atoms with Crippen LogP contribution in [0.3, 0.4) is 0 Å². The Labute approximate surface area is 128 Å². The van der Waals surface area contributed by atoms with Gasteiger partial charge < -0.3 is 10.3 Å². The van der Waals surface area contributed by atoms with Crippen molar-refractivity contribution in [3.8, 4) is 0 Å². The number of halogens is 2. The maximum absolute atomic E-state index is 13.9. The Bertz CT molecular complexity index is 763. The van der Waals surface area contributed by atoms with Gasteiger partial charge in [0.1, 0.15) is 4.90 Å². The van der Waals surface area contributed by atoms with Crippen LogP contribution >= 0.6 is 15.9 Å². The second-order valence-electron chi connectivity index (χ2n) is 4.20. The van der Waals surface area contributed by atoms with Crippen LogP contribution in [0.4, 0.5) is 10.1 Å². The first kappa shape index (κ1) is 15.9. The lowest BCUT2D eigenvalue weighted by Gasteiger charge is -2.08. The third-order valence-corrected chi connectivity index (χ3v) is 4.54. The number of sulfonamides is 1. The van der Waals surface area contributed by atoms with E-state index in [1.165, 1.54) is 6.07 Å². The third kappa shape index (κ3) is 3.77. The Morgan fingerprint density at radius 3 is 2.81 bits per heavy atom. The first-order valence-electron chi connectivity index (χ1n) is 5.83. The zero-order valence-electron chi connectivity index (χ0n) is 10.9. The van der Waals surface area contributed by atoms with Crippen LogP contribution in [0.25, 0.3) is 0 Å². The van der Waals surface area contributed by atoms with Gasteiger partial charge in [-0.15, -0.1) is 0 Å². The highest BCUT2D eigenvalue weighted by Crippen LogP contribution is 2.25. The molecule has 0 fully saturated rings. The van der Waals surface area contributed by atoms with Gasteiger partial charge in [-0.25, -0.2) is 17.5 Å². The number of aromatic nitrogens is 2. The van der Waals surface area contributed by atoms with Crippen molar-refractivity contribution in [1.82, 2.24) is 14.9 Å². The van der Waals surface area contributed by atoms with Crippen molar-refractivity contribution >= 4 is 31.6 Å². The van der Waals surface area contributed by atoms with Crippen LogP contribution in [0.1, 0.15) is 11.7 Å². The molecule has 2 aromatic rings. The average molecular weight is 379 g/mol. The SMILES string of the molecule is Cc1noc(CCNS(=O)(=O)c2cc(N)cc(Br)c2F)n1. The van der Waals surface area contributed by atoms with Crippen LogP contribution in [0.2, 0.25) is 0 Å². The molecule has 0 unspecified atom stereocenters. The Hall–Kier alpha value is -1.52. The van der Waals surface area contributed by atoms with E-state index < -0.39 is 20.7 Å². The van der Waals surface area contributed by atoms with E-state index in [2.05, 4.69) is 30.8 Å². The number of nitrogens with zero attached hydrogens (tertiary/aromatic N) is 2. The fourth-order valence-electron chi connectivity index (χ4n) is 1.59. The van der Waals surface area contributed by atoms with E-state index in [0.29, 0.717) is 11.7 Å². The molecule has 0 bridgehead atoms. The van der Waals surface area contributed by atoms with Gasteiger partial charge >= 0.3 is 0 Å². The maximum atomic E-state index is 13.9. The van der Waals surface area contributed by atoms with Crippen molar-refractivity contribution in [1.29, 1.82) is 0 Å². The van der Waals surface area contributed by atoms with Crippen LogP contribution in [0.15, 0.2) is 26.0 Å². The number of aryl methyl sites for hydroxylation is 1. The van der Waals surface area contributed by atoms with E-state index in [1.807, 2.05) is 0 Å². The fraction of sp³-hybridized carbons (Fsp3) is 0.273. The molecule has 21 heavy (non-hydrogen) atoms. The van der Waals surface area contributed by atoms with Crippen molar-refractivity contribution in [3.05, 3.63) is 34.1 Å². The monoisotopic (exact) mass is 378 g/mol. The lowest BCUT2D eigenvalue weighted by Crippen LogP contribution is -2.27. The molecule has 10 heteroatoms. The highest BCUT2D eigenvalue weighted by Gasteiger charge is 2.21. The zero-order chi connectivity index (χ0) is 15.6. The summed E-state index contributed by atoms with van der Waals surface area (Å²) >= 11 is 2.92. The molecule has 1 aromatic heterocycles. The zero-order valence-corrected chi connectivity index (χ0v) is 13.3. The highest BCUT2D eigenvalue weighted by molar-refractivity contribution is 9.10. The molecule has 1 heterocycles. The molecule has 0 aliphatic heterocycles. The molecule has 1 aromatic carbocycles. The van der Waals surface area contributed by atoms with Crippen LogP contribution in [-0.4, -0.2) is 25.1 Å². The lowest BCUT2D eigenvalue weighted by atomic mass is 10.3. The summed E-state index contributed by atoms with van der Waals surface area (Å²) in [6, 6.07) is 2.34. The molecule has 0 saturated carbocycles. The average Bonchev–Trinajstić information content (AvgIpc) is 2.79. The number of nitrogen functional groups attached to an aromatic ring is 1. The van der Waals surface area contributed by atoms with Gasteiger partial charge in [-0.2, -0.15) is 4.98 Å². The number of benzene rings is 1. The van der Waals surface area contributed by atoms with Gasteiger partial charge in [-0.3, -0.25) is 0 Å². The maximum Gasteiger partial charge on any atom is 0.243 e. The molecule has 3 N–H and O–H groups in total. The minimum absolute atomic E-state index is 0.00414. The number of hydrogen-bond donors (Lipinski definition) is 2. The molecule has 0 aliphatic carbocycles. The van der Waals surface area contributed by atoms with E-state index in [4.69, 9.17) is 10.3 Å². The van der Waals surface area contributed by atoms with Crippen LogP contribution in [-0.2, 0) is 16.4 Å². The van der Waals surface area contributed by atoms with Crippen molar-refractivity contribution in [3.63, 3.8) is 0 Å². The molecule has 2 rings (SSSR count). The van der Waals surface area contributed by atoms with Crippen LogP contribution in [0, 0.1) is 12.7 Å². The first-order valence-corrected chi connectivity index (χ1v) is 8.10. The molecule has 0 aliphatic rings. The van der Waals surface area contributed by atoms with Crippen molar-refractivity contribution in [2.24, 2.45) is 0 Å². The molecular formula is C11H12BrFN4O3S. The number of rotatable bonds is 5. The Balaban J connectivity index is 2.12. The Morgan fingerprint density at radius 1 is 1.48 bits per heavy atom. The third-order valence-electron chi connectivity index (χ3n) is 2.51. The summed E-state index contributed by atoms with van der Waals surface area (Å²) in [5.74, 6) is -0.145. The van der Waals surface area contributed by atoms with E-state index in [1.54, 1.807) is 6.92 Å². The predicted molar refractivity (Wildman–Crippen MR) is 76.4 cm³/mol. The Morgan fingerprint density at radius 2 is 2.19 bits per heavy atom. The van der Waals surface area contributed by atoms with Crippen molar-refractivity contribution < 1.29 is 17.3 Å². The summed E-state index contributed by atoms with van der Waals surface area (Å²) in [6.07, 6.45) is 0.200. The molecule has 0 radical (unpaired) electrons. The molecule has 7 nitrogen and oxygen atoms in total. The van der Waals surface area contributed by atoms with Gasteiger partial charge in [0.15, 0.2) is 11.6 Å². The second-order valence-corrected chi connectivity index (χ2v) is 6.79. The molecule has 0 atom stereocenters. The molecule has 0 amide bonds. The van der Waals surface area contributed by atoms with Crippen molar-refractivity contribution in [2.75, 3.05) is 12.3 Å². The van der Waals surface area contributed by atoms with E-state index in [-0.39, 0.29) is 23.1 Å². The van der Waals surface area contributed by atoms with Gasteiger partial charge in [-0.1, -0.05) is 5.16 Å². The van der Waals surface area contributed by atoms with Gasteiger partial charge in [0, 0.05) is 18.7 Å². The Kier molecular flexibility index (Phi) is 4.59. The number of nitrogens with two attached hydrogens (primary N) is 1. The van der Waals surface area contributed by atoms with E-state index in [9.17, 15) is 12.8 Å². The van der Waals surface area contributed by atoms with E-state index >= 15 is 0 Å². The summed E-state index contributed by atoms with van der Waals surface area (Å²) in [6.45, 7) is 1.65. The minimum Gasteiger partial charge on any atom is -0.399 e. The lowest BCUT2D eigenvalue weighted by molar-refractivity contribution is 0.375. The predicted octanol–water partition coefficient (Wildman–Crippen LogP) is 1.38. The van der Waals surface area contributed by atoms with Gasteiger partial charge in [0.05, 0.1) is 4.47 Å². The topological polar surface area (TPSA) is 111 Å². The minimum atomic E-state index is -4.02. The second kappa shape index (κ2) is 6.08. The molecule has 0 saturated heterocycles. The van der Waals surface area contributed by atoms with Gasteiger partial charge in [0.25, 0.3) is 0 Å². The standard InChI is InChI=1S/C11H12BrFN4O3S/c1-6-16-10(20-17-6)2-3-15-21(18,19)9-5-7(14)4-8(12)11(9)13/h4-5,15H,2-3,14H2,1H3. The molecule has 0 spiro atoms. The molecular weight excluding hydrogens is 367 g/mol. The fourth-order valence-corrected chi connectivity index (χ4v) is 3.36. The number of hydrogen-bond acceptors (Lipinski definition) is 6. The summed E-state index contributed by atoms with van der Waals surface area (Å²) in [5, 5.41) is 3.58. The summed E-state index contributed by atoms with van der Waals surface area (Å²) in [5.41, 5.74) is 5.66. The summed E-state index contributed by atoms with van der Waals surface area (Å²) in [4.78, 5) is 3.42. The van der Waals surface area contributed by atoms with E-state index in [0.717, 1.165) is 6.07 Å². The van der Waals surface area contributed by atoms with Gasteiger partial charge in [0.2, 0.25) is 15.9 Å². The van der Waals surface area contributed by atoms with Crippen molar-refractivity contribution in [2.45, 2.75) is 18.2 Å². The first-order chi connectivity index (χ1) is 9.79. The quantitative estimate of drug-likeness (QED) is 0.760. The van der Waals surface area contributed by atoms with Crippen LogP contribution < -0.4 is 10.5 Å².